The number of rotatable bonds is 9. The second-order valence-corrected chi connectivity index (χ2v) is 5.39. The van der Waals surface area contributed by atoms with Crippen molar-refractivity contribution in [1.29, 1.82) is 0 Å². The van der Waals surface area contributed by atoms with Crippen LogP contribution < -0.4 is 5.32 Å². The molecule has 0 radical (unpaired) electrons. The van der Waals surface area contributed by atoms with Crippen LogP contribution in [-0.4, -0.2) is 52.7 Å². The average molecular weight is 312 g/mol. The van der Waals surface area contributed by atoms with Crippen LogP contribution in [0.3, 0.4) is 0 Å². The molecule has 0 spiro atoms. The summed E-state index contributed by atoms with van der Waals surface area (Å²) in [5.41, 5.74) is 0. The molecule has 1 aromatic rings. The summed E-state index contributed by atoms with van der Waals surface area (Å²) < 4.78 is 5.46. The number of hydrogen-bond acceptors (Lipinski definition) is 5. The van der Waals surface area contributed by atoms with Crippen LogP contribution in [0, 0.1) is 5.92 Å². The Kier molecular flexibility index (Phi) is 7.07. The Morgan fingerprint density at radius 3 is 2.55 bits per heavy atom. The number of likely N-dealkylation sites (N-methyl/N-ethyl adjacent to an activating group) is 1. The van der Waals surface area contributed by atoms with Gasteiger partial charge in [0.15, 0.2) is 5.76 Å². The maximum absolute atomic E-state index is 12.0. The van der Waals surface area contributed by atoms with E-state index in [2.05, 4.69) is 5.32 Å². The highest BCUT2D eigenvalue weighted by Gasteiger charge is 2.25. The van der Waals surface area contributed by atoms with E-state index in [-0.39, 0.29) is 18.3 Å². The third-order valence-electron chi connectivity index (χ3n) is 3.35. The zero-order valence-corrected chi connectivity index (χ0v) is 13.2. The third kappa shape index (κ3) is 5.16. The first-order chi connectivity index (χ1) is 10.4. The Hall–Kier alpha value is -1.86. The van der Waals surface area contributed by atoms with E-state index in [1.165, 1.54) is 6.07 Å². The van der Waals surface area contributed by atoms with E-state index in [1.54, 1.807) is 19.9 Å². The number of aliphatic hydroxyl groups is 1. The molecule has 0 aliphatic heterocycles. The maximum Gasteiger partial charge on any atom is 0.326 e. The molecule has 3 N–H and O–H groups in total. The molecule has 0 saturated carbocycles. The quantitative estimate of drug-likeness (QED) is 0.627. The molecule has 0 aromatic carbocycles. The van der Waals surface area contributed by atoms with Crippen molar-refractivity contribution in [3.05, 3.63) is 23.7 Å². The Labute approximate surface area is 129 Å². The lowest BCUT2D eigenvalue weighted by Gasteiger charge is -2.17. The van der Waals surface area contributed by atoms with E-state index >= 15 is 0 Å². The summed E-state index contributed by atoms with van der Waals surface area (Å²) in [7, 11) is 0. The minimum Gasteiger partial charge on any atom is -0.480 e. The van der Waals surface area contributed by atoms with Crippen molar-refractivity contribution in [3.8, 4) is 0 Å². The van der Waals surface area contributed by atoms with Crippen molar-refractivity contribution in [2.45, 2.75) is 33.4 Å². The van der Waals surface area contributed by atoms with Gasteiger partial charge in [-0.3, -0.25) is 9.69 Å². The molecule has 1 heterocycles. The molecule has 124 valence electrons. The van der Waals surface area contributed by atoms with Gasteiger partial charge in [-0.25, -0.2) is 4.79 Å². The number of hydrogen-bond donors (Lipinski definition) is 3. The summed E-state index contributed by atoms with van der Waals surface area (Å²) in [5.74, 6) is -1.16. The van der Waals surface area contributed by atoms with Crippen LogP contribution >= 0.6 is 0 Å². The molecule has 22 heavy (non-hydrogen) atoms. The zero-order chi connectivity index (χ0) is 16.7. The van der Waals surface area contributed by atoms with Crippen LogP contribution in [0.5, 0.6) is 0 Å². The molecular weight excluding hydrogens is 288 g/mol. The Bertz CT molecular complexity index is 498. The first kappa shape index (κ1) is 18.2. The molecule has 1 atom stereocenters. The number of nitrogens with zero attached hydrogens (tertiary/aromatic N) is 1. The predicted molar refractivity (Wildman–Crippen MR) is 80.5 cm³/mol. The van der Waals surface area contributed by atoms with Gasteiger partial charge in [0.2, 0.25) is 0 Å². The van der Waals surface area contributed by atoms with Crippen LogP contribution in [-0.2, 0) is 11.3 Å². The minimum atomic E-state index is -1.07. The number of carbonyl (C=O) groups is 2. The van der Waals surface area contributed by atoms with Gasteiger partial charge in [-0.15, -0.1) is 0 Å². The summed E-state index contributed by atoms with van der Waals surface area (Å²) in [5, 5.41) is 20.5. The summed E-state index contributed by atoms with van der Waals surface area (Å²) in [4.78, 5) is 25.1. The van der Waals surface area contributed by atoms with Crippen molar-refractivity contribution < 1.29 is 24.2 Å². The highest BCUT2D eigenvalue weighted by atomic mass is 16.4. The first-order valence-corrected chi connectivity index (χ1v) is 7.34. The number of carbonyl (C=O) groups excluding carboxylic acids is 1. The molecule has 7 nitrogen and oxygen atoms in total. The molecule has 0 aliphatic carbocycles. The number of amides is 1. The van der Waals surface area contributed by atoms with Crippen LogP contribution in [0.25, 0.3) is 0 Å². The van der Waals surface area contributed by atoms with Gasteiger partial charge in [0.25, 0.3) is 5.91 Å². The second-order valence-electron chi connectivity index (χ2n) is 5.39. The molecule has 0 fully saturated rings. The van der Waals surface area contributed by atoms with Gasteiger partial charge >= 0.3 is 5.97 Å². The van der Waals surface area contributed by atoms with Crippen molar-refractivity contribution in [2.24, 2.45) is 5.92 Å². The van der Waals surface area contributed by atoms with E-state index in [1.807, 2.05) is 11.8 Å². The van der Waals surface area contributed by atoms with Crippen molar-refractivity contribution in [3.63, 3.8) is 0 Å². The van der Waals surface area contributed by atoms with Gasteiger partial charge in [0, 0.05) is 6.54 Å². The van der Waals surface area contributed by atoms with Crippen molar-refractivity contribution in [1.82, 2.24) is 10.2 Å². The van der Waals surface area contributed by atoms with Crippen LogP contribution in [0.4, 0.5) is 0 Å². The number of nitrogens with one attached hydrogen (secondary N) is 1. The topological polar surface area (TPSA) is 103 Å². The van der Waals surface area contributed by atoms with Gasteiger partial charge in [0.05, 0.1) is 13.2 Å². The average Bonchev–Trinajstić information content (AvgIpc) is 2.91. The highest BCUT2D eigenvalue weighted by Crippen LogP contribution is 2.12. The van der Waals surface area contributed by atoms with Gasteiger partial charge in [0.1, 0.15) is 11.8 Å². The number of furan rings is 1. The maximum atomic E-state index is 12.0. The summed E-state index contributed by atoms with van der Waals surface area (Å²) in [6, 6.07) is 2.25. The molecule has 0 bridgehead atoms. The molecule has 1 rings (SSSR count). The lowest BCUT2D eigenvalue weighted by molar-refractivity contribution is -0.140. The van der Waals surface area contributed by atoms with Crippen LogP contribution in [0.1, 0.15) is 37.1 Å². The first-order valence-electron chi connectivity index (χ1n) is 7.34. The third-order valence-corrected chi connectivity index (χ3v) is 3.35. The minimum absolute atomic E-state index is 0.0522. The fourth-order valence-corrected chi connectivity index (χ4v) is 2.02. The fourth-order valence-electron chi connectivity index (χ4n) is 2.02. The van der Waals surface area contributed by atoms with Gasteiger partial charge in [-0.2, -0.15) is 0 Å². The van der Waals surface area contributed by atoms with Gasteiger partial charge in [-0.1, -0.05) is 20.8 Å². The van der Waals surface area contributed by atoms with E-state index in [0.29, 0.717) is 18.8 Å². The molecule has 0 saturated heterocycles. The van der Waals surface area contributed by atoms with E-state index in [0.717, 1.165) is 6.54 Å². The SMILES string of the molecule is CCN(CCO)Cc1ccc(C(=O)NC(C(=O)O)C(C)C)o1. The summed E-state index contributed by atoms with van der Waals surface area (Å²) in [6.45, 7) is 7.21. The molecule has 1 aromatic heterocycles. The number of carboxylic acids is 1. The monoisotopic (exact) mass is 312 g/mol. The van der Waals surface area contributed by atoms with Crippen molar-refractivity contribution in [2.75, 3.05) is 19.7 Å². The summed E-state index contributed by atoms with van der Waals surface area (Å²) in [6.07, 6.45) is 0. The molecule has 7 heteroatoms. The number of carboxylic acid groups (broad SMARTS) is 1. The Morgan fingerprint density at radius 1 is 1.36 bits per heavy atom. The highest BCUT2D eigenvalue weighted by molar-refractivity contribution is 5.94. The lowest BCUT2D eigenvalue weighted by atomic mass is 10.0. The summed E-state index contributed by atoms with van der Waals surface area (Å²) >= 11 is 0. The van der Waals surface area contributed by atoms with E-state index in [4.69, 9.17) is 14.6 Å². The Morgan fingerprint density at radius 2 is 2.05 bits per heavy atom. The fraction of sp³-hybridized carbons (Fsp3) is 0.600. The Balaban J connectivity index is 2.70. The molecule has 1 unspecified atom stereocenters. The number of aliphatic hydroxyl groups excluding tert-OH is 1. The zero-order valence-electron chi connectivity index (χ0n) is 13.2. The molecule has 1 amide bonds. The molecular formula is C15H24N2O5. The largest absolute Gasteiger partial charge is 0.480 e. The van der Waals surface area contributed by atoms with Gasteiger partial charge < -0.3 is 19.9 Å². The normalized spacial score (nSPS) is 12.6. The smallest absolute Gasteiger partial charge is 0.326 e. The van der Waals surface area contributed by atoms with E-state index in [9.17, 15) is 9.59 Å². The standard InChI is InChI=1S/C15H24N2O5/c1-4-17(7-8-18)9-11-5-6-12(22-11)14(19)16-13(10(2)3)15(20)21/h5-6,10,13,18H,4,7-9H2,1-3H3,(H,16,19)(H,20,21). The predicted octanol–water partition coefficient (Wildman–Crippen LogP) is 0.933. The van der Waals surface area contributed by atoms with Crippen LogP contribution in [0.15, 0.2) is 16.5 Å². The van der Waals surface area contributed by atoms with Crippen LogP contribution in [0.2, 0.25) is 0 Å². The van der Waals surface area contributed by atoms with Crippen molar-refractivity contribution >= 4 is 11.9 Å². The van der Waals surface area contributed by atoms with E-state index < -0.39 is 17.9 Å². The molecule has 0 aliphatic rings. The lowest BCUT2D eigenvalue weighted by Crippen LogP contribution is -2.44. The number of aliphatic carboxylic acids is 1. The second kappa shape index (κ2) is 8.55. The van der Waals surface area contributed by atoms with Gasteiger partial charge in [-0.05, 0) is 24.6 Å².